The molecule has 23 heavy (non-hydrogen) atoms. The van der Waals surface area contributed by atoms with E-state index in [1.807, 2.05) is 4.90 Å². The van der Waals surface area contributed by atoms with Gasteiger partial charge >= 0.3 is 0 Å². The first-order valence-electron chi connectivity index (χ1n) is 8.73. The molecule has 1 amide bonds. The lowest BCUT2D eigenvalue weighted by atomic mass is 9.69. The zero-order valence-electron chi connectivity index (χ0n) is 13.4. The van der Waals surface area contributed by atoms with E-state index in [4.69, 9.17) is 0 Å². The Bertz CT molecular complexity index is 704. The first-order valence-corrected chi connectivity index (χ1v) is 8.73. The van der Waals surface area contributed by atoms with Gasteiger partial charge in [-0.15, -0.1) is 5.10 Å². The van der Waals surface area contributed by atoms with Gasteiger partial charge in [0.15, 0.2) is 0 Å². The predicted octanol–water partition coefficient (Wildman–Crippen LogP) is 2.93. The lowest BCUT2D eigenvalue weighted by Gasteiger charge is -2.36. The molecule has 4 rings (SSSR count). The lowest BCUT2D eigenvalue weighted by molar-refractivity contribution is 0.0743. The van der Waals surface area contributed by atoms with Gasteiger partial charge in [0.1, 0.15) is 11.2 Å². The second-order valence-electron chi connectivity index (χ2n) is 7.07. The minimum absolute atomic E-state index is 0.0303. The fraction of sp³-hybridized carbons (Fsp3) is 0.647. The number of likely N-dealkylation sites (tertiary alicyclic amines) is 1. The van der Waals surface area contributed by atoms with Crippen LogP contribution in [0.2, 0.25) is 0 Å². The molecule has 2 fully saturated rings. The molecular weight excluding hydrogens is 290 g/mol. The van der Waals surface area contributed by atoms with Crippen molar-refractivity contribution in [1.29, 1.82) is 0 Å². The van der Waals surface area contributed by atoms with Gasteiger partial charge in [0.25, 0.3) is 5.91 Å². The average Bonchev–Trinajstić information content (AvgIpc) is 2.97. The molecular formula is C17H23N5O. The second-order valence-corrected chi connectivity index (χ2v) is 7.07. The molecule has 0 atom stereocenters. The molecule has 0 bridgehead atoms. The second kappa shape index (κ2) is 5.91. The van der Waals surface area contributed by atoms with Crippen LogP contribution in [0.25, 0.3) is 11.2 Å². The van der Waals surface area contributed by atoms with Crippen LogP contribution in [0, 0.1) is 5.41 Å². The highest BCUT2D eigenvalue weighted by Crippen LogP contribution is 2.44. The SMILES string of the molecule is O=C(c1ccc2n[nH]nc2n1)N1CCCC2(CCCCC2)CC1. The summed E-state index contributed by atoms with van der Waals surface area (Å²) in [4.78, 5) is 19.1. The van der Waals surface area contributed by atoms with Crippen LogP contribution in [0.1, 0.15) is 61.9 Å². The summed E-state index contributed by atoms with van der Waals surface area (Å²) in [6, 6.07) is 3.56. The number of nitrogens with one attached hydrogen (secondary N) is 1. The summed E-state index contributed by atoms with van der Waals surface area (Å²) < 4.78 is 0. The van der Waals surface area contributed by atoms with E-state index in [1.165, 1.54) is 38.5 Å². The number of aromatic nitrogens is 4. The van der Waals surface area contributed by atoms with E-state index in [2.05, 4.69) is 20.4 Å². The van der Waals surface area contributed by atoms with Crippen LogP contribution in [-0.4, -0.2) is 44.3 Å². The van der Waals surface area contributed by atoms with Gasteiger partial charge in [0.2, 0.25) is 5.65 Å². The van der Waals surface area contributed by atoms with Crippen molar-refractivity contribution in [2.75, 3.05) is 13.1 Å². The first kappa shape index (κ1) is 14.6. The Hall–Kier alpha value is -1.98. The number of carbonyl (C=O) groups excluding carboxylic acids is 1. The summed E-state index contributed by atoms with van der Waals surface area (Å²) >= 11 is 0. The van der Waals surface area contributed by atoms with Gasteiger partial charge in [-0.25, -0.2) is 4.98 Å². The molecule has 2 aliphatic rings. The van der Waals surface area contributed by atoms with Crippen LogP contribution < -0.4 is 0 Å². The smallest absolute Gasteiger partial charge is 0.272 e. The van der Waals surface area contributed by atoms with Crippen molar-refractivity contribution in [2.45, 2.75) is 51.4 Å². The first-order chi connectivity index (χ1) is 11.3. The molecule has 3 heterocycles. The van der Waals surface area contributed by atoms with Crippen LogP contribution in [0.4, 0.5) is 0 Å². The zero-order chi connectivity index (χ0) is 15.7. The van der Waals surface area contributed by atoms with E-state index in [-0.39, 0.29) is 5.91 Å². The Balaban J connectivity index is 1.49. The Morgan fingerprint density at radius 1 is 1.00 bits per heavy atom. The van der Waals surface area contributed by atoms with E-state index < -0.39 is 0 Å². The lowest BCUT2D eigenvalue weighted by Crippen LogP contribution is -2.33. The fourth-order valence-corrected chi connectivity index (χ4v) is 4.28. The van der Waals surface area contributed by atoms with Crippen molar-refractivity contribution in [3.05, 3.63) is 17.8 Å². The monoisotopic (exact) mass is 313 g/mol. The highest BCUT2D eigenvalue weighted by Gasteiger charge is 2.35. The van der Waals surface area contributed by atoms with Gasteiger partial charge in [0.05, 0.1) is 0 Å². The van der Waals surface area contributed by atoms with Gasteiger partial charge in [-0.3, -0.25) is 4.79 Å². The quantitative estimate of drug-likeness (QED) is 0.878. The van der Waals surface area contributed by atoms with Crippen molar-refractivity contribution < 1.29 is 4.79 Å². The molecule has 1 N–H and O–H groups in total. The van der Waals surface area contributed by atoms with Gasteiger partial charge in [-0.1, -0.05) is 19.3 Å². The van der Waals surface area contributed by atoms with Crippen molar-refractivity contribution in [1.82, 2.24) is 25.3 Å². The van der Waals surface area contributed by atoms with Gasteiger partial charge in [-0.2, -0.15) is 10.3 Å². The van der Waals surface area contributed by atoms with Crippen molar-refractivity contribution in [3.63, 3.8) is 0 Å². The molecule has 2 aromatic rings. The number of aromatic amines is 1. The summed E-state index contributed by atoms with van der Waals surface area (Å²) in [5.74, 6) is 0.0303. The molecule has 6 heteroatoms. The number of hydrogen-bond donors (Lipinski definition) is 1. The maximum atomic E-state index is 12.8. The van der Waals surface area contributed by atoms with Crippen LogP contribution in [-0.2, 0) is 0 Å². The zero-order valence-corrected chi connectivity index (χ0v) is 13.4. The number of carbonyl (C=O) groups is 1. The van der Waals surface area contributed by atoms with E-state index in [0.29, 0.717) is 22.3 Å². The summed E-state index contributed by atoms with van der Waals surface area (Å²) in [5.41, 5.74) is 2.18. The van der Waals surface area contributed by atoms with Crippen LogP contribution in [0.5, 0.6) is 0 Å². The highest BCUT2D eigenvalue weighted by atomic mass is 16.2. The van der Waals surface area contributed by atoms with Gasteiger partial charge < -0.3 is 4.90 Å². The third kappa shape index (κ3) is 2.82. The number of fused-ring (bicyclic) bond motifs is 1. The Morgan fingerprint density at radius 3 is 2.70 bits per heavy atom. The maximum absolute atomic E-state index is 12.8. The fourth-order valence-electron chi connectivity index (χ4n) is 4.28. The van der Waals surface area contributed by atoms with Crippen LogP contribution >= 0.6 is 0 Å². The van der Waals surface area contributed by atoms with E-state index in [1.54, 1.807) is 12.1 Å². The molecule has 1 spiro atoms. The normalized spacial score (nSPS) is 21.5. The highest BCUT2D eigenvalue weighted by molar-refractivity contribution is 5.94. The number of pyridine rings is 1. The molecule has 1 aliphatic carbocycles. The summed E-state index contributed by atoms with van der Waals surface area (Å²) in [7, 11) is 0. The van der Waals surface area contributed by atoms with Gasteiger partial charge in [0, 0.05) is 13.1 Å². The molecule has 2 aromatic heterocycles. The number of hydrogen-bond acceptors (Lipinski definition) is 4. The Morgan fingerprint density at radius 2 is 1.83 bits per heavy atom. The Kier molecular flexibility index (Phi) is 3.75. The van der Waals surface area contributed by atoms with E-state index >= 15 is 0 Å². The molecule has 122 valence electrons. The third-order valence-corrected chi connectivity index (χ3v) is 5.65. The molecule has 6 nitrogen and oxygen atoms in total. The number of nitrogens with zero attached hydrogens (tertiary/aromatic N) is 4. The minimum Gasteiger partial charge on any atom is -0.337 e. The van der Waals surface area contributed by atoms with Gasteiger partial charge in [-0.05, 0) is 49.7 Å². The largest absolute Gasteiger partial charge is 0.337 e. The van der Waals surface area contributed by atoms with Crippen LogP contribution in [0.3, 0.4) is 0 Å². The van der Waals surface area contributed by atoms with Crippen molar-refractivity contribution in [3.8, 4) is 0 Å². The Labute approximate surface area is 135 Å². The molecule has 1 saturated carbocycles. The molecule has 1 saturated heterocycles. The predicted molar refractivity (Wildman–Crippen MR) is 87.0 cm³/mol. The molecule has 0 aromatic carbocycles. The van der Waals surface area contributed by atoms with Crippen molar-refractivity contribution in [2.24, 2.45) is 5.41 Å². The molecule has 0 unspecified atom stereocenters. The summed E-state index contributed by atoms with van der Waals surface area (Å²) in [6.45, 7) is 1.70. The standard InChI is InChI=1S/C17H23N5O/c23-16(14-6-5-13-15(18-14)20-21-19-13)22-11-4-9-17(10-12-22)7-2-1-3-8-17/h5-6H,1-4,7-12H2,(H,18,19,20,21). The topological polar surface area (TPSA) is 74.8 Å². The maximum Gasteiger partial charge on any atom is 0.272 e. The average molecular weight is 313 g/mol. The minimum atomic E-state index is 0.0303. The summed E-state index contributed by atoms with van der Waals surface area (Å²) in [5, 5.41) is 10.5. The molecule has 0 radical (unpaired) electrons. The van der Waals surface area contributed by atoms with E-state index in [0.717, 1.165) is 25.9 Å². The number of rotatable bonds is 1. The van der Waals surface area contributed by atoms with E-state index in [9.17, 15) is 4.79 Å². The molecule has 1 aliphatic heterocycles. The summed E-state index contributed by atoms with van der Waals surface area (Å²) in [6.07, 6.45) is 10.3. The third-order valence-electron chi connectivity index (χ3n) is 5.65. The number of H-pyrrole nitrogens is 1. The number of amides is 1. The van der Waals surface area contributed by atoms with Crippen LogP contribution in [0.15, 0.2) is 12.1 Å². The van der Waals surface area contributed by atoms with Crippen molar-refractivity contribution >= 4 is 17.1 Å².